The van der Waals surface area contributed by atoms with E-state index in [1.54, 1.807) is 19.2 Å². The van der Waals surface area contributed by atoms with Crippen molar-refractivity contribution in [2.24, 2.45) is 0 Å². The molecule has 1 aromatic heterocycles. The Morgan fingerprint density at radius 1 is 1.16 bits per heavy atom. The number of benzene rings is 2. The Labute approximate surface area is 222 Å². The van der Waals surface area contributed by atoms with E-state index in [9.17, 15) is 9.90 Å². The standard InChI is InChI=1S/C30H31ClN2O4/c1-2-36-29(34)21-7-12-28-26(19-21)24(25-5-3-15-32-27(25)20-37-28)6-4-16-33-17-13-30(35,14-18-33)22-8-10-23(31)11-9-22/h3,5-12,15,19,35H,2,4,13-14,16-18,20H2,1H3/b24-6+. The van der Waals surface area contributed by atoms with Gasteiger partial charge in [0.05, 0.1) is 23.5 Å². The molecule has 6 nitrogen and oxygen atoms in total. The molecular formula is C30H31ClN2O4. The minimum atomic E-state index is -0.814. The first-order valence-electron chi connectivity index (χ1n) is 12.8. The number of carbonyl (C=O) groups is 1. The van der Waals surface area contributed by atoms with Crippen LogP contribution in [0.3, 0.4) is 0 Å². The van der Waals surface area contributed by atoms with Crippen molar-refractivity contribution < 1.29 is 19.4 Å². The van der Waals surface area contributed by atoms with E-state index >= 15 is 0 Å². The third-order valence-electron chi connectivity index (χ3n) is 7.18. The minimum Gasteiger partial charge on any atom is -0.487 e. The molecule has 0 radical (unpaired) electrons. The van der Waals surface area contributed by atoms with Crippen LogP contribution in [-0.2, 0) is 16.9 Å². The fourth-order valence-corrected chi connectivity index (χ4v) is 5.23. The van der Waals surface area contributed by atoms with Crippen LogP contribution in [0.25, 0.3) is 5.57 Å². The van der Waals surface area contributed by atoms with Gasteiger partial charge in [0.2, 0.25) is 0 Å². The van der Waals surface area contributed by atoms with Crippen molar-refractivity contribution in [1.29, 1.82) is 0 Å². The lowest BCUT2D eigenvalue weighted by Crippen LogP contribution is -2.42. The van der Waals surface area contributed by atoms with E-state index in [0.29, 0.717) is 36.6 Å². The predicted molar refractivity (Wildman–Crippen MR) is 144 cm³/mol. The summed E-state index contributed by atoms with van der Waals surface area (Å²) in [4.78, 5) is 19.4. The Kier molecular flexibility index (Phi) is 7.60. The predicted octanol–water partition coefficient (Wildman–Crippen LogP) is 5.61. The number of halogens is 1. The lowest BCUT2D eigenvalue weighted by Gasteiger charge is -2.38. The molecule has 37 heavy (non-hydrogen) atoms. The minimum absolute atomic E-state index is 0.324. The number of aliphatic hydroxyl groups is 1. The van der Waals surface area contributed by atoms with E-state index < -0.39 is 5.60 Å². The van der Waals surface area contributed by atoms with Gasteiger partial charge in [0.1, 0.15) is 12.4 Å². The van der Waals surface area contributed by atoms with E-state index in [2.05, 4.69) is 22.0 Å². The number of ether oxygens (including phenoxy) is 2. The quantitative estimate of drug-likeness (QED) is 0.428. The summed E-state index contributed by atoms with van der Waals surface area (Å²) in [7, 11) is 0. The first kappa shape index (κ1) is 25.5. The number of hydrogen-bond donors (Lipinski definition) is 1. The highest BCUT2D eigenvalue weighted by molar-refractivity contribution is 6.30. The summed E-state index contributed by atoms with van der Waals surface area (Å²) in [5.41, 5.74) is 4.37. The largest absolute Gasteiger partial charge is 0.487 e. The van der Waals surface area contributed by atoms with Gasteiger partial charge in [0, 0.05) is 42.0 Å². The molecule has 0 unspecified atom stereocenters. The molecule has 1 saturated heterocycles. The van der Waals surface area contributed by atoms with Gasteiger partial charge in [-0.05, 0) is 73.7 Å². The summed E-state index contributed by atoms with van der Waals surface area (Å²) in [5, 5.41) is 11.9. The van der Waals surface area contributed by atoms with Crippen LogP contribution in [0.4, 0.5) is 0 Å². The maximum Gasteiger partial charge on any atom is 0.338 e. The van der Waals surface area contributed by atoms with Crippen molar-refractivity contribution in [2.45, 2.75) is 38.4 Å². The fourth-order valence-electron chi connectivity index (χ4n) is 5.10. The van der Waals surface area contributed by atoms with Gasteiger partial charge in [-0.1, -0.05) is 35.9 Å². The normalized spacial score (nSPS) is 17.9. The molecule has 0 saturated carbocycles. The van der Waals surface area contributed by atoms with Gasteiger partial charge in [0.25, 0.3) is 0 Å². The van der Waals surface area contributed by atoms with Crippen molar-refractivity contribution in [1.82, 2.24) is 9.88 Å². The summed E-state index contributed by atoms with van der Waals surface area (Å²) in [6.45, 7) is 4.98. The van der Waals surface area contributed by atoms with E-state index in [0.717, 1.165) is 59.8 Å². The van der Waals surface area contributed by atoms with Gasteiger partial charge in [0.15, 0.2) is 0 Å². The number of esters is 1. The number of fused-ring (bicyclic) bond motifs is 2. The van der Waals surface area contributed by atoms with Crippen molar-refractivity contribution in [2.75, 3.05) is 26.2 Å². The van der Waals surface area contributed by atoms with Crippen molar-refractivity contribution in [3.8, 4) is 5.75 Å². The van der Waals surface area contributed by atoms with E-state index in [1.165, 1.54) is 0 Å². The Morgan fingerprint density at radius 3 is 2.70 bits per heavy atom. The van der Waals surface area contributed by atoms with Crippen LogP contribution in [0.5, 0.6) is 5.75 Å². The molecule has 0 spiro atoms. The topological polar surface area (TPSA) is 71.9 Å². The van der Waals surface area contributed by atoms with E-state index in [4.69, 9.17) is 21.1 Å². The molecule has 2 aliphatic rings. The first-order valence-corrected chi connectivity index (χ1v) is 13.1. The monoisotopic (exact) mass is 518 g/mol. The number of carbonyl (C=O) groups excluding carboxylic acids is 1. The van der Waals surface area contributed by atoms with Crippen LogP contribution >= 0.6 is 11.6 Å². The summed E-state index contributed by atoms with van der Waals surface area (Å²) in [6.07, 6.45) is 6.15. The van der Waals surface area contributed by atoms with Crippen LogP contribution in [0.15, 0.2) is 66.9 Å². The fraction of sp³-hybridized carbons (Fsp3) is 0.333. The van der Waals surface area contributed by atoms with Gasteiger partial charge in [-0.2, -0.15) is 0 Å². The highest BCUT2D eigenvalue weighted by Gasteiger charge is 2.33. The van der Waals surface area contributed by atoms with Crippen LogP contribution in [0.2, 0.25) is 5.02 Å². The summed E-state index contributed by atoms with van der Waals surface area (Å²) in [5.74, 6) is 0.380. The summed E-state index contributed by atoms with van der Waals surface area (Å²) < 4.78 is 11.3. The van der Waals surface area contributed by atoms with Crippen molar-refractivity contribution in [3.63, 3.8) is 0 Å². The van der Waals surface area contributed by atoms with Crippen LogP contribution in [-0.4, -0.2) is 47.2 Å². The molecule has 1 N–H and O–H groups in total. The molecular weight excluding hydrogens is 488 g/mol. The number of pyridine rings is 1. The van der Waals surface area contributed by atoms with Gasteiger partial charge in [-0.3, -0.25) is 4.98 Å². The molecule has 7 heteroatoms. The number of piperidine rings is 1. The average Bonchev–Trinajstić information content (AvgIpc) is 3.07. The lowest BCUT2D eigenvalue weighted by atomic mass is 9.84. The molecule has 192 valence electrons. The average molecular weight is 519 g/mol. The number of likely N-dealkylation sites (tertiary alicyclic amines) is 1. The first-order chi connectivity index (χ1) is 18.0. The highest BCUT2D eigenvalue weighted by atomic mass is 35.5. The van der Waals surface area contributed by atoms with Crippen molar-refractivity contribution >= 4 is 23.1 Å². The Morgan fingerprint density at radius 2 is 1.95 bits per heavy atom. The molecule has 5 rings (SSSR count). The second kappa shape index (κ2) is 11.1. The van der Waals surface area contributed by atoms with Gasteiger partial charge < -0.3 is 19.5 Å². The van der Waals surface area contributed by atoms with Crippen LogP contribution in [0, 0.1) is 0 Å². The number of rotatable bonds is 6. The Balaban J connectivity index is 1.34. The Hall–Kier alpha value is -3.19. The third kappa shape index (κ3) is 5.57. The van der Waals surface area contributed by atoms with Crippen LogP contribution < -0.4 is 4.74 Å². The molecule has 0 aliphatic carbocycles. The number of aromatic nitrogens is 1. The molecule has 0 amide bonds. The second-order valence-electron chi connectivity index (χ2n) is 9.50. The maximum absolute atomic E-state index is 12.4. The molecule has 1 fully saturated rings. The highest BCUT2D eigenvalue weighted by Crippen LogP contribution is 2.38. The zero-order valence-electron chi connectivity index (χ0n) is 21.0. The molecule has 2 aliphatic heterocycles. The van der Waals surface area contributed by atoms with E-state index in [1.807, 2.05) is 42.5 Å². The smallest absolute Gasteiger partial charge is 0.338 e. The summed E-state index contributed by atoms with van der Waals surface area (Å²) >= 11 is 6.02. The summed E-state index contributed by atoms with van der Waals surface area (Å²) in [6, 6.07) is 16.9. The number of nitrogens with zero attached hydrogens (tertiary/aromatic N) is 2. The Bertz CT molecular complexity index is 1300. The molecule has 3 aromatic rings. The van der Waals surface area contributed by atoms with Crippen LogP contribution in [0.1, 0.15) is 58.9 Å². The number of hydrogen-bond acceptors (Lipinski definition) is 6. The van der Waals surface area contributed by atoms with Gasteiger partial charge in [-0.25, -0.2) is 4.79 Å². The maximum atomic E-state index is 12.4. The third-order valence-corrected chi connectivity index (χ3v) is 7.44. The van der Waals surface area contributed by atoms with Gasteiger partial charge in [-0.15, -0.1) is 0 Å². The SMILES string of the molecule is CCOC(=O)c1ccc2c(c1)/C(=C/CCN1CCC(O)(c3ccc(Cl)cc3)CC1)c1cccnc1CO2. The zero-order valence-corrected chi connectivity index (χ0v) is 21.7. The van der Waals surface area contributed by atoms with E-state index in [-0.39, 0.29) is 5.97 Å². The molecule has 0 bridgehead atoms. The molecule has 3 heterocycles. The lowest BCUT2D eigenvalue weighted by molar-refractivity contribution is -0.0254. The van der Waals surface area contributed by atoms with Crippen molar-refractivity contribution in [3.05, 3.63) is 99.8 Å². The molecule has 0 atom stereocenters. The van der Waals surface area contributed by atoms with Gasteiger partial charge >= 0.3 is 5.97 Å². The zero-order chi connectivity index (χ0) is 25.8. The molecule has 2 aromatic carbocycles. The second-order valence-corrected chi connectivity index (χ2v) is 9.94.